The van der Waals surface area contributed by atoms with E-state index in [9.17, 15) is 9.59 Å². The summed E-state index contributed by atoms with van der Waals surface area (Å²) in [4.78, 5) is 24.6. The molecule has 5 heteroatoms. The van der Waals surface area contributed by atoms with Gasteiger partial charge in [-0.2, -0.15) is 0 Å². The number of nitrogens with zero attached hydrogens (tertiary/aromatic N) is 1. The molecule has 0 aromatic heterocycles. The van der Waals surface area contributed by atoms with Crippen LogP contribution in [0.4, 0.5) is 0 Å². The average molecular weight is 242 g/mol. The molecule has 2 atom stereocenters. The summed E-state index contributed by atoms with van der Waals surface area (Å²) in [6.07, 6.45) is 0.397. The van der Waals surface area contributed by atoms with Gasteiger partial charge in [-0.15, -0.1) is 0 Å². The van der Waals surface area contributed by atoms with Crippen LogP contribution in [-0.2, 0) is 9.59 Å². The highest BCUT2D eigenvalue weighted by molar-refractivity contribution is 5.83. The predicted octanol–water partition coefficient (Wildman–Crippen LogP) is 0.696. The minimum Gasteiger partial charge on any atom is -0.481 e. The Labute approximate surface area is 102 Å². The molecule has 2 unspecified atom stereocenters. The highest BCUT2D eigenvalue weighted by atomic mass is 16.4. The van der Waals surface area contributed by atoms with Crippen molar-refractivity contribution in [2.24, 2.45) is 5.92 Å². The standard InChI is InChI=1S/C12H22N2O3/c1-8(2)14-7-9(3)6-13-10(12(14)17)4-5-11(15)16/h8-10,13H,4-7H2,1-3H3,(H,15,16). The van der Waals surface area contributed by atoms with Crippen LogP contribution in [0, 0.1) is 5.92 Å². The van der Waals surface area contributed by atoms with Gasteiger partial charge in [-0.3, -0.25) is 9.59 Å². The molecule has 1 rings (SSSR count). The molecule has 0 aliphatic carbocycles. The maximum atomic E-state index is 12.2. The normalized spacial score (nSPS) is 26.1. The van der Waals surface area contributed by atoms with Crippen LogP contribution in [0.3, 0.4) is 0 Å². The van der Waals surface area contributed by atoms with Gasteiger partial charge in [0.25, 0.3) is 0 Å². The number of rotatable bonds is 4. The van der Waals surface area contributed by atoms with Crippen LogP contribution in [-0.4, -0.2) is 47.1 Å². The predicted molar refractivity (Wildman–Crippen MR) is 64.7 cm³/mol. The fourth-order valence-corrected chi connectivity index (χ4v) is 2.08. The topological polar surface area (TPSA) is 69.6 Å². The molecule has 0 aromatic rings. The third kappa shape index (κ3) is 4.00. The Hall–Kier alpha value is -1.10. The maximum Gasteiger partial charge on any atom is 0.303 e. The van der Waals surface area contributed by atoms with Crippen molar-refractivity contribution in [3.63, 3.8) is 0 Å². The van der Waals surface area contributed by atoms with Crippen LogP contribution in [0.1, 0.15) is 33.6 Å². The highest BCUT2D eigenvalue weighted by Crippen LogP contribution is 2.13. The number of carboxylic acids is 1. The fourth-order valence-electron chi connectivity index (χ4n) is 2.08. The van der Waals surface area contributed by atoms with Crippen molar-refractivity contribution in [2.45, 2.75) is 45.7 Å². The number of amides is 1. The molecule has 1 heterocycles. The molecule has 1 amide bonds. The third-order valence-corrected chi connectivity index (χ3v) is 3.07. The molecule has 0 bridgehead atoms. The van der Waals surface area contributed by atoms with Crippen molar-refractivity contribution >= 4 is 11.9 Å². The largest absolute Gasteiger partial charge is 0.481 e. The number of carbonyl (C=O) groups is 2. The summed E-state index contributed by atoms with van der Waals surface area (Å²) in [5, 5.41) is 11.8. The third-order valence-electron chi connectivity index (χ3n) is 3.07. The van der Waals surface area contributed by atoms with Crippen molar-refractivity contribution in [2.75, 3.05) is 13.1 Å². The molecule has 0 saturated carbocycles. The second kappa shape index (κ2) is 6.00. The first-order chi connectivity index (χ1) is 7.91. The van der Waals surface area contributed by atoms with Gasteiger partial charge in [-0.1, -0.05) is 6.92 Å². The summed E-state index contributed by atoms with van der Waals surface area (Å²) in [6.45, 7) is 7.58. The zero-order valence-corrected chi connectivity index (χ0v) is 10.8. The van der Waals surface area contributed by atoms with Crippen LogP contribution in [0.25, 0.3) is 0 Å². The number of carbonyl (C=O) groups excluding carboxylic acids is 1. The van der Waals surface area contributed by atoms with Gasteiger partial charge in [0.2, 0.25) is 5.91 Å². The van der Waals surface area contributed by atoms with Gasteiger partial charge in [-0.05, 0) is 26.2 Å². The summed E-state index contributed by atoms with van der Waals surface area (Å²) >= 11 is 0. The van der Waals surface area contributed by atoms with Gasteiger partial charge >= 0.3 is 5.97 Å². The van der Waals surface area contributed by atoms with E-state index >= 15 is 0 Å². The minimum atomic E-state index is -0.854. The van der Waals surface area contributed by atoms with Crippen LogP contribution in [0.5, 0.6) is 0 Å². The lowest BCUT2D eigenvalue weighted by molar-refractivity contribution is -0.138. The van der Waals surface area contributed by atoms with E-state index in [1.165, 1.54) is 0 Å². The van der Waals surface area contributed by atoms with Crippen molar-refractivity contribution in [3.8, 4) is 0 Å². The summed E-state index contributed by atoms with van der Waals surface area (Å²) < 4.78 is 0. The van der Waals surface area contributed by atoms with Crippen LogP contribution in [0.15, 0.2) is 0 Å². The highest BCUT2D eigenvalue weighted by Gasteiger charge is 2.30. The number of nitrogens with one attached hydrogen (secondary N) is 1. The molecule has 0 spiro atoms. The SMILES string of the molecule is CC1CNC(CCC(=O)O)C(=O)N(C(C)C)C1. The minimum absolute atomic E-state index is 0.0315. The second-order valence-electron chi connectivity index (χ2n) is 5.08. The van der Waals surface area contributed by atoms with Gasteiger partial charge in [0.15, 0.2) is 0 Å². The smallest absolute Gasteiger partial charge is 0.303 e. The number of aliphatic carboxylic acids is 1. The molecule has 0 radical (unpaired) electrons. The van der Waals surface area contributed by atoms with Crippen molar-refractivity contribution in [1.82, 2.24) is 10.2 Å². The van der Waals surface area contributed by atoms with Gasteiger partial charge < -0.3 is 15.3 Å². The molecule has 17 heavy (non-hydrogen) atoms. The average Bonchev–Trinajstić information content (AvgIpc) is 2.37. The first-order valence-corrected chi connectivity index (χ1v) is 6.17. The lowest BCUT2D eigenvalue weighted by Crippen LogP contribution is -2.46. The van der Waals surface area contributed by atoms with E-state index in [1.54, 1.807) is 0 Å². The van der Waals surface area contributed by atoms with E-state index in [4.69, 9.17) is 5.11 Å². The molecule has 98 valence electrons. The summed E-state index contributed by atoms with van der Waals surface area (Å²) in [6, 6.07) is -0.185. The first kappa shape index (κ1) is 14.0. The zero-order valence-electron chi connectivity index (χ0n) is 10.8. The van der Waals surface area contributed by atoms with E-state index < -0.39 is 5.97 Å². The van der Waals surface area contributed by atoms with Crippen LogP contribution in [0.2, 0.25) is 0 Å². The lowest BCUT2D eigenvalue weighted by Gasteiger charge is -2.28. The Balaban J connectivity index is 2.69. The molecule has 1 aliphatic rings. The Bertz CT molecular complexity index is 291. The van der Waals surface area contributed by atoms with Crippen LogP contribution >= 0.6 is 0 Å². The number of hydrogen-bond donors (Lipinski definition) is 2. The van der Waals surface area contributed by atoms with Gasteiger partial charge in [0.1, 0.15) is 0 Å². The van der Waals surface area contributed by atoms with Gasteiger partial charge in [0.05, 0.1) is 6.04 Å². The molecule has 1 fully saturated rings. The Morgan fingerprint density at radius 1 is 1.59 bits per heavy atom. The molecule has 5 nitrogen and oxygen atoms in total. The summed E-state index contributed by atoms with van der Waals surface area (Å²) in [5.74, 6) is -0.422. The zero-order chi connectivity index (χ0) is 13.0. The van der Waals surface area contributed by atoms with E-state index in [1.807, 2.05) is 18.7 Å². The van der Waals surface area contributed by atoms with Gasteiger partial charge in [-0.25, -0.2) is 0 Å². The quantitative estimate of drug-likeness (QED) is 0.761. The fraction of sp³-hybridized carbons (Fsp3) is 0.833. The molecule has 0 aromatic carbocycles. The Kier molecular flexibility index (Phi) is 4.93. The van der Waals surface area contributed by atoms with Gasteiger partial charge in [0, 0.05) is 25.6 Å². The van der Waals surface area contributed by atoms with Crippen molar-refractivity contribution in [3.05, 3.63) is 0 Å². The summed E-state index contributed by atoms with van der Waals surface area (Å²) in [5.41, 5.74) is 0. The van der Waals surface area contributed by atoms with E-state index in [0.29, 0.717) is 12.3 Å². The van der Waals surface area contributed by atoms with Crippen LogP contribution < -0.4 is 5.32 Å². The van der Waals surface area contributed by atoms with E-state index in [-0.39, 0.29) is 24.4 Å². The molecule has 1 saturated heterocycles. The number of carboxylic acid groups (broad SMARTS) is 1. The lowest BCUT2D eigenvalue weighted by atomic mass is 10.1. The molecular weight excluding hydrogens is 220 g/mol. The second-order valence-corrected chi connectivity index (χ2v) is 5.08. The van der Waals surface area contributed by atoms with E-state index in [0.717, 1.165) is 13.1 Å². The number of hydrogen-bond acceptors (Lipinski definition) is 3. The molecule has 2 N–H and O–H groups in total. The molecular formula is C12H22N2O3. The first-order valence-electron chi connectivity index (χ1n) is 6.17. The molecule has 1 aliphatic heterocycles. The van der Waals surface area contributed by atoms with E-state index in [2.05, 4.69) is 12.2 Å². The van der Waals surface area contributed by atoms with Crippen molar-refractivity contribution in [1.29, 1.82) is 0 Å². The van der Waals surface area contributed by atoms with Crippen molar-refractivity contribution < 1.29 is 14.7 Å². The summed E-state index contributed by atoms with van der Waals surface area (Å²) in [7, 11) is 0. The Morgan fingerprint density at radius 3 is 2.76 bits per heavy atom. The Morgan fingerprint density at radius 2 is 2.24 bits per heavy atom. The maximum absolute atomic E-state index is 12.2. The monoisotopic (exact) mass is 242 g/mol.